The average molecular weight is 430 g/mol. The largest absolute Gasteiger partial charge is 0.378 e. The van der Waals surface area contributed by atoms with Crippen LogP contribution in [0.15, 0.2) is 53.4 Å². The summed E-state index contributed by atoms with van der Waals surface area (Å²) in [6, 6.07) is 14.2. The molecular formula is C23H31N3O3S. The van der Waals surface area contributed by atoms with Crippen molar-refractivity contribution in [1.29, 1.82) is 0 Å². The van der Waals surface area contributed by atoms with Gasteiger partial charge in [-0.2, -0.15) is 4.31 Å². The number of hydrogen-bond donors (Lipinski definition) is 1. The quantitative estimate of drug-likeness (QED) is 0.730. The molecule has 1 amide bonds. The summed E-state index contributed by atoms with van der Waals surface area (Å²) in [6.45, 7) is 0.414. The molecule has 1 fully saturated rings. The van der Waals surface area contributed by atoms with Gasteiger partial charge in [-0.15, -0.1) is 0 Å². The number of anilines is 1. The summed E-state index contributed by atoms with van der Waals surface area (Å²) in [5.74, 6) is -0.226. The topological polar surface area (TPSA) is 69.7 Å². The zero-order valence-corrected chi connectivity index (χ0v) is 18.8. The lowest BCUT2D eigenvalue weighted by atomic mass is 9.96. The number of hydrogen-bond acceptors (Lipinski definition) is 4. The summed E-state index contributed by atoms with van der Waals surface area (Å²) in [6.07, 6.45) is 5.13. The van der Waals surface area contributed by atoms with Crippen molar-refractivity contribution in [2.24, 2.45) is 0 Å². The van der Waals surface area contributed by atoms with Gasteiger partial charge in [0.1, 0.15) is 0 Å². The molecule has 3 rings (SSSR count). The molecule has 0 heterocycles. The summed E-state index contributed by atoms with van der Waals surface area (Å²) < 4.78 is 27.3. The lowest BCUT2D eigenvalue weighted by molar-refractivity contribution is 0.0951. The van der Waals surface area contributed by atoms with Crippen LogP contribution in [0.1, 0.15) is 48.0 Å². The predicted octanol–water partition coefficient (Wildman–Crippen LogP) is 3.64. The standard InChI is InChI=1S/C23H31N3O3S/c1-25(2)20-13-9-18(10-14-20)17-24-23(27)19-11-15-22(16-12-19)30(28,29)26(3)21-7-5-4-6-8-21/h9-16,21H,4-8,17H2,1-3H3,(H,24,27). The van der Waals surface area contributed by atoms with Crippen LogP contribution in [0.2, 0.25) is 0 Å². The Morgan fingerprint density at radius 3 is 2.10 bits per heavy atom. The highest BCUT2D eigenvalue weighted by molar-refractivity contribution is 7.89. The van der Waals surface area contributed by atoms with Crippen LogP contribution in [0.3, 0.4) is 0 Å². The van der Waals surface area contributed by atoms with E-state index in [9.17, 15) is 13.2 Å². The number of rotatable bonds is 7. The molecule has 7 heteroatoms. The Balaban J connectivity index is 1.62. The number of amides is 1. The zero-order valence-electron chi connectivity index (χ0n) is 18.0. The van der Waals surface area contributed by atoms with Crippen molar-refractivity contribution < 1.29 is 13.2 Å². The number of nitrogens with zero attached hydrogens (tertiary/aromatic N) is 2. The van der Waals surface area contributed by atoms with E-state index in [4.69, 9.17) is 0 Å². The van der Waals surface area contributed by atoms with Gasteiger partial charge in [-0.25, -0.2) is 8.42 Å². The van der Waals surface area contributed by atoms with E-state index in [0.717, 1.165) is 36.9 Å². The molecule has 0 aromatic heterocycles. The normalized spacial score (nSPS) is 15.2. The maximum atomic E-state index is 12.9. The van der Waals surface area contributed by atoms with Gasteiger partial charge in [0.15, 0.2) is 0 Å². The first kappa shape index (κ1) is 22.3. The summed E-state index contributed by atoms with van der Waals surface area (Å²) in [5.41, 5.74) is 2.54. The Kier molecular flexibility index (Phi) is 7.15. The zero-order chi connectivity index (χ0) is 21.7. The molecule has 0 unspecified atom stereocenters. The molecule has 1 aliphatic carbocycles. The first-order chi connectivity index (χ1) is 14.3. The lowest BCUT2D eigenvalue weighted by Crippen LogP contribution is -2.38. The number of nitrogens with one attached hydrogen (secondary N) is 1. The molecule has 0 spiro atoms. The average Bonchev–Trinajstić information content (AvgIpc) is 2.77. The van der Waals surface area contributed by atoms with Crippen LogP contribution in [-0.2, 0) is 16.6 Å². The molecule has 2 aromatic carbocycles. The molecule has 0 bridgehead atoms. The maximum absolute atomic E-state index is 12.9. The fourth-order valence-electron chi connectivity index (χ4n) is 3.78. The van der Waals surface area contributed by atoms with Gasteiger partial charge in [0.25, 0.3) is 5.91 Å². The minimum atomic E-state index is -3.55. The molecule has 162 valence electrons. The minimum absolute atomic E-state index is 0.0607. The van der Waals surface area contributed by atoms with E-state index in [1.165, 1.54) is 22.9 Å². The fraction of sp³-hybridized carbons (Fsp3) is 0.435. The van der Waals surface area contributed by atoms with Crippen molar-refractivity contribution in [2.75, 3.05) is 26.0 Å². The third kappa shape index (κ3) is 5.21. The highest BCUT2D eigenvalue weighted by Crippen LogP contribution is 2.26. The highest BCUT2D eigenvalue weighted by atomic mass is 32.2. The number of carbonyl (C=O) groups is 1. The van der Waals surface area contributed by atoms with E-state index >= 15 is 0 Å². The van der Waals surface area contributed by atoms with E-state index in [1.807, 2.05) is 43.3 Å². The molecule has 1 N–H and O–H groups in total. The van der Waals surface area contributed by atoms with Crippen LogP contribution in [0.25, 0.3) is 0 Å². The van der Waals surface area contributed by atoms with Crippen LogP contribution in [0.4, 0.5) is 5.69 Å². The third-order valence-electron chi connectivity index (χ3n) is 5.79. The Morgan fingerprint density at radius 1 is 0.933 bits per heavy atom. The van der Waals surface area contributed by atoms with Crippen LogP contribution >= 0.6 is 0 Å². The van der Waals surface area contributed by atoms with Gasteiger partial charge in [0.05, 0.1) is 4.90 Å². The molecule has 6 nitrogen and oxygen atoms in total. The third-order valence-corrected chi connectivity index (χ3v) is 7.71. The number of sulfonamides is 1. The van der Waals surface area contributed by atoms with E-state index in [2.05, 4.69) is 5.32 Å². The molecule has 0 atom stereocenters. The van der Waals surface area contributed by atoms with Gasteiger partial charge >= 0.3 is 0 Å². The smallest absolute Gasteiger partial charge is 0.251 e. The van der Waals surface area contributed by atoms with Gasteiger partial charge in [-0.3, -0.25) is 4.79 Å². The Bertz CT molecular complexity index is 948. The van der Waals surface area contributed by atoms with Crippen molar-refractivity contribution >= 4 is 21.6 Å². The van der Waals surface area contributed by atoms with Gasteiger partial charge in [0, 0.05) is 45.0 Å². The predicted molar refractivity (Wildman–Crippen MR) is 120 cm³/mol. The number of carbonyl (C=O) groups excluding carboxylic acids is 1. The summed E-state index contributed by atoms with van der Waals surface area (Å²) in [4.78, 5) is 14.7. The van der Waals surface area contributed by atoms with Crippen molar-refractivity contribution in [1.82, 2.24) is 9.62 Å². The summed E-state index contributed by atoms with van der Waals surface area (Å²) in [7, 11) is 2.07. The van der Waals surface area contributed by atoms with Crippen LogP contribution in [-0.4, -0.2) is 45.8 Å². The first-order valence-electron chi connectivity index (χ1n) is 10.4. The summed E-state index contributed by atoms with van der Waals surface area (Å²) >= 11 is 0. The SMILES string of the molecule is CN(C)c1ccc(CNC(=O)c2ccc(S(=O)(=O)N(C)C3CCCCC3)cc2)cc1. The molecule has 0 aliphatic heterocycles. The van der Waals surface area contributed by atoms with Gasteiger partial charge in [-0.05, 0) is 54.8 Å². The molecule has 1 saturated carbocycles. The first-order valence-corrected chi connectivity index (χ1v) is 11.9. The van der Waals surface area contributed by atoms with E-state index in [1.54, 1.807) is 19.2 Å². The van der Waals surface area contributed by atoms with Crippen molar-refractivity contribution in [2.45, 2.75) is 49.6 Å². The summed E-state index contributed by atoms with van der Waals surface area (Å²) in [5, 5.41) is 2.88. The molecule has 1 aliphatic rings. The van der Waals surface area contributed by atoms with Crippen molar-refractivity contribution in [3.63, 3.8) is 0 Å². The van der Waals surface area contributed by atoms with E-state index < -0.39 is 10.0 Å². The second kappa shape index (κ2) is 9.62. The maximum Gasteiger partial charge on any atom is 0.251 e. The van der Waals surface area contributed by atoms with Gasteiger partial charge in [-0.1, -0.05) is 31.4 Å². The van der Waals surface area contributed by atoms with E-state index in [0.29, 0.717) is 12.1 Å². The minimum Gasteiger partial charge on any atom is -0.378 e. The Hall–Kier alpha value is -2.38. The molecule has 2 aromatic rings. The Labute approximate surface area is 179 Å². The van der Waals surface area contributed by atoms with Crippen LogP contribution < -0.4 is 10.2 Å². The monoisotopic (exact) mass is 429 g/mol. The van der Waals surface area contributed by atoms with E-state index in [-0.39, 0.29) is 16.8 Å². The van der Waals surface area contributed by atoms with Crippen LogP contribution in [0.5, 0.6) is 0 Å². The molecular weight excluding hydrogens is 398 g/mol. The van der Waals surface area contributed by atoms with Crippen molar-refractivity contribution in [3.05, 3.63) is 59.7 Å². The molecule has 0 radical (unpaired) electrons. The number of benzene rings is 2. The molecule has 0 saturated heterocycles. The fourth-order valence-corrected chi connectivity index (χ4v) is 5.20. The van der Waals surface area contributed by atoms with Gasteiger partial charge < -0.3 is 10.2 Å². The second-order valence-corrected chi connectivity index (χ2v) is 10.1. The second-order valence-electron chi connectivity index (χ2n) is 8.08. The van der Waals surface area contributed by atoms with Crippen LogP contribution in [0, 0.1) is 0 Å². The lowest BCUT2D eigenvalue weighted by Gasteiger charge is -2.30. The Morgan fingerprint density at radius 2 is 1.53 bits per heavy atom. The van der Waals surface area contributed by atoms with Gasteiger partial charge in [0.2, 0.25) is 10.0 Å². The molecule has 30 heavy (non-hydrogen) atoms. The van der Waals surface area contributed by atoms with Crippen molar-refractivity contribution in [3.8, 4) is 0 Å². The highest BCUT2D eigenvalue weighted by Gasteiger charge is 2.29.